The molecule has 0 aliphatic rings. The van der Waals surface area contributed by atoms with E-state index >= 15 is 0 Å². The largest absolute Gasteiger partial charge is 0.330 e. The fourth-order valence-electron chi connectivity index (χ4n) is 4.28. The summed E-state index contributed by atoms with van der Waals surface area (Å²) in [6.45, 7) is 8.20. The molecule has 0 radical (unpaired) electrons. The van der Waals surface area contributed by atoms with Gasteiger partial charge < -0.3 is 5.73 Å². The third kappa shape index (κ3) is 17.6. The minimum absolute atomic E-state index is 0.900. The Morgan fingerprint density at radius 3 is 1.12 bits per heavy atom. The Hall–Kier alpha value is 0.177. The maximum atomic E-state index is 5.83. The van der Waals surface area contributed by atoms with Crippen LogP contribution in [0.2, 0.25) is 24.7 Å². The van der Waals surface area contributed by atoms with Crippen molar-refractivity contribution in [2.75, 3.05) is 6.54 Å². The summed E-state index contributed by atoms with van der Waals surface area (Å²) in [5.74, 6) is 0. The lowest BCUT2D eigenvalue weighted by Crippen LogP contribution is -2.30. The lowest BCUT2D eigenvalue weighted by molar-refractivity contribution is 0.579. The third-order valence-electron chi connectivity index (χ3n) is 6.25. The number of unbranched alkanes of at least 4 members (excludes halogenated alkanes) is 14. The topological polar surface area (TPSA) is 26.0 Å². The summed E-state index contributed by atoms with van der Waals surface area (Å²) in [6.07, 6.45) is 24.6. The molecule has 0 bridgehead atoms. The maximum absolute atomic E-state index is 5.83. The maximum Gasteiger partial charge on any atom is 0.0505 e. The highest BCUT2D eigenvalue weighted by Crippen LogP contribution is 2.28. The van der Waals surface area contributed by atoms with Gasteiger partial charge in [0.25, 0.3) is 0 Å². The number of hydrogen-bond donors (Lipinski definition) is 1. The van der Waals surface area contributed by atoms with Crippen LogP contribution in [0.5, 0.6) is 0 Å². The van der Waals surface area contributed by atoms with Crippen molar-refractivity contribution in [1.29, 1.82) is 0 Å². The van der Waals surface area contributed by atoms with Crippen LogP contribution in [-0.2, 0) is 0 Å². The van der Waals surface area contributed by atoms with Crippen LogP contribution in [0.3, 0.4) is 0 Å². The van der Waals surface area contributed by atoms with Crippen molar-refractivity contribution in [2.45, 2.75) is 148 Å². The van der Waals surface area contributed by atoms with Crippen LogP contribution >= 0.6 is 0 Å². The van der Waals surface area contributed by atoms with E-state index in [1.54, 1.807) is 12.1 Å². The second-order valence-corrected chi connectivity index (χ2v) is 14.3. The van der Waals surface area contributed by atoms with Crippen molar-refractivity contribution in [1.82, 2.24) is 0 Å². The van der Waals surface area contributed by atoms with Gasteiger partial charge in [-0.25, -0.2) is 0 Å². The summed E-state index contributed by atoms with van der Waals surface area (Å²) in [7, 11) is -1.01. The first kappa shape index (κ1) is 26.2. The smallest absolute Gasteiger partial charge is 0.0505 e. The molecule has 0 saturated carbocycles. The Kier molecular flexibility index (Phi) is 20.1. The van der Waals surface area contributed by atoms with Crippen LogP contribution in [0.25, 0.3) is 0 Å². The van der Waals surface area contributed by atoms with Crippen molar-refractivity contribution in [3.8, 4) is 0 Å². The molecule has 26 heavy (non-hydrogen) atoms. The zero-order valence-corrected chi connectivity index (χ0v) is 19.9. The molecule has 0 aliphatic carbocycles. The van der Waals surface area contributed by atoms with Gasteiger partial charge in [-0.1, -0.05) is 141 Å². The van der Waals surface area contributed by atoms with E-state index in [0.717, 1.165) is 6.54 Å². The summed E-state index contributed by atoms with van der Waals surface area (Å²) in [5.41, 5.74) is 5.83. The zero-order valence-electron chi connectivity index (χ0n) is 18.9. The highest BCUT2D eigenvalue weighted by atomic mass is 28.3. The van der Waals surface area contributed by atoms with E-state index in [1.165, 1.54) is 115 Å². The molecule has 158 valence electrons. The molecule has 0 aliphatic heterocycles. The van der Waals surface area contributed by atoms with E-state index in [1.807, 2.05) is 0 Å². The van der Waals surface area contributed by atoms with Gasteiger partial charge in [-0.15, -0.1) is 0 Å². The zero-order chi connectivity index (χ0) is 19.3. The normalized spacial score (nSPS) is 12.0. The van der Waals surface area contributed by atoms with Crippen LogP contribution < -0.4 is 5.73 Å². The first-order valence-electron chi connectivity index (χ1n) is 12.4. The second-order valence-electron chi connectivity index (χ2n) is 9.15. The van der Waals surface area contributed by atoms with Crippen molar-refractivity contribution < 1.29 is 0 Å². The van der Waals surface area contributed by atoms with E-state index in [4.69, 9.17) is 5.73 Å². The van der Waals surface area contributed by atoms with E-state index in [0.29, 0.717) is 0 Å². The van der Waals surface area contributed by atoms with Gasteiger partial charge in [0, 0.05) is 0 Å². The minimum atomic E-state index is -1.01. The fraction of sp³-hybridized carbons (Fsp3) is 1.00. The molecule has 0 fully saturated rings. The van der Waals surface area contributed by atoms with Gasteiger partial charge in [0.1, 0.15) is 0 Å². The van der Waals surface area contributed by atoms with E-state index < -0.39 is 8.07 Å². The fourth-order valence-corrected chi connectivity index (χ4v) is 8.29. The van der Waals surface area contributed by atoms with Gasteiger partial charge in [0.15, 0.2) is 0 Å². The highest BCUT2D eigenvalue weighted by molar-refractivity contribution is 6.78. The predicted octanol–water partition coefficient (Wildman–Crippen LogP) is 8.70. The lowest BCUT2D eigenvalue weighted by atomic mass is 10.1. The second kappa shape index (κ2) is 19.9. The van der Waals surface area contributed by atoms with Gasteiger partial charge in [-0.05, 0) is 13.0 Å². The van der Waals surface area contributed by atoms with Crippen molar-refractivity contribution >= 4 is 8.07 Å². The van der Waals surface area contributed by atoms with Gasteiger partial charge in [-0.2, -0.15) is 0 Å². The summed E-state index contributed by atoms with van der Waals surface area (Å²) >= 11 is 0. The average molecular weight is 384 g/mol. The standard InChI is InChI=1S/C24H53NSi/c1-4-6-8-10-12-14-16-18-22-26(3,24-20-21-25)23-19-17-15-13-11-9-7-5-2/h4-25H2,1-3H3. The van der Waals surface area contributed by atoms with Crippen LogP contribution in [0, 0.1) is 0 Å². The molecule has 0 unspecified atom stereocenters. The number of hydrogen-bond acceptors (Lipinski definition) is 1. The molecular formula is C24H53NSi. The molecule has 0 aromatic carbocycles. The Balaban J connectivity index is 3.78. The van der Waals surface area contributed by atoms with Crippen LogP contribution in [0.15, 0.2) is 0 Å². The van der Waals surface area contributed by atoms with Gasteiger partial charge in [0.05, 0.1) is 8.07 Å². The summed E-state index contributed by atoms with van der Waals surface area (Å²) in [5, 5.41) is 0. The molecule has 0 atom stereocenters. The minimum Gasteiger partial charge on any atom is -0.330 e. The number of rotatable bonds is 21. The number of nitrogens with two attached hydrogens (primary N) is 1. The Morgan fingerprint density at radius 1 is 0.462 bits per heavy atom. The Morgan fingerprint density at radius 2 is 0.769 bits per heavy atom. The van der Waals surface area contributed by atoms with Gasteiger partial charge >= 0.3 is 0 Å². The quantitative estimate of drug-likeness (QED) is 0.156. The Bertz CT molecular complexity index is 247. The Labute approximate surface area is 168 Å². The van der Waals surface area contributed by atoms with Gasteiger partial charge in [-0.3, -0.25) is 0 Å². The molecule has 0 spiro atoms. The third-order valence-corrected chi connectivity index (χ3v) is 10.9. The molecule has 0 heterocycles. The summed E-state index contributed by atoms with van der Waals surface area (Å²) in [4.78, 5) is 0. The molecule has 1 nitrogen and oxygen atoms in total. The van der Waals surface area contributed by atoms with E-state index in [2.05, 4.69) is 20.4 Å². The van der Waals surface area contributed by atoms with Crippen molar-refractivity contribution in [3.63, 3.8) is 0 Å². The summed E-state index contributed by atoms with van der Waals surface area (Å²) < 4.78 is 0. The van der Waals surface area contributed by atoms with Crippen LogP contribution in [0.1, 0.15) is 123 Å². The first-order valence-corrected chi connectivity index (χ1v) is 15.5. The van der Waals surface area contributed by atoms with Crippen LogP contribution in [-0.4, -0.2) is 14.6 Å². The van der Waals surface area contributed by atoms with Crippen molar-refractivity contribution in [3.05, 3.63) is 0 Å². The molecule has 2 N–H and O–H groups in total. The van der Waals surface area contributed by atoms with E-state index in [-0.39, 0.29) is 0 Å². The average Bonchev–Trinajstić information content (AvgIpc) is 2.64. The van der Waals surface area contributed by atoms with E-state index in [9.17, 15) is 0 Å². The highest BCUT2D eigenvalue weighted by Gasteiger charge is 2.24. The molecule has 0 amide bonds. The SMILES string of the molecule is CCCCCCCCCC[Si](C)(CCCN)CCCCCCCCCC. The molecular weight excluding hydrogens is 330 g/mol. The molecule has 2 heteroatoms. The van der Waals surface area contributed by atoms with Crippen molar-refractivity contribution in [2.24, 2.45) is 5.73 Å². The molecule has 0 saturated heterocycles. The summed E-state index contributed by atoms with van der Waals surface area (Å²) in [6, 6.07) is 4.62. The predicted molar refractivity (Wildman–Crippen MR) is 125 cm³/mol. The van der Waals surface area contributed by atoms with Crippen LogP contribution in [0.4, 0.5) is 0 Å². The van der Waals surface area contributed by atoms with Gasteiger partial charge in [0.2, 0.25) is 0 Å². The first-order chi connectivity index (χ1) is 12.7. The molecule has 0 rings (SSSR count). The molecule has 0 aromatic rings. The lowest BCUT2D eigenvalue weighted by Gasteiger charge is -2.28. The molecule has 0 aromatic heterocycles. The monoisotopic (exact) mass is 383 g/mol.